The summed E-state index contributed by atoms with van der Waals surface area (Å²) in [6.45, 7) is 9.17. The number of aromatic nitrogens is 1. The summed E-state index contributed by atoms with van der Waals surface area (Å²) in [7, 11) is 0. The van der Waals surface area contributed by atoms with Crippen molar-refractivity contribution >= 4 is 76.2 Å². The van der Waals surface area contributed by atoms with E-state index in [9.17, 15) is 0 Å². The maximum Gasteiger partial charge on any atom is 0.0541 e. The number of rotatable bonds is 3. The van der Waals surface area contributed by atoms with E-state index in [0.717, 1.165) is 11.3 Å². The number of allylic oxidation sites excluding steroid dienone is 4. The van der Waals surface area contributed by atoms with Gasteiger partial charge in [0.2, 0.25) is 0 Å². The summed E-state index contributed by atoms with van der Waals surface area (Å²) in [6, 6.07) is 54.2. The van der Waals surface area contributed by atoms with Crippen LogP contribution in [0, 0.1) is 0 Å². The maximum absolute atomic E-state index is 4.36. The summed E-state index contributed by atoms with van der Waals surface area (Å²) >= 11 is 3.79. The van der Waals surface area contributed by atoms with Gasteiger partial charge >= 0.3 is 0 Å². The highest BCUT2D eigenvalue weighted by Crippen LogP contribution is 2.54. The van der Waals surface area contributed by atoms with Gasteiger partial charge in [0.25, 0.3) is 0 Å². The van der Waals surface area contributed by atoms with Crippen LogP contribution >= 0.6 is 23.1 Å². The SMILES string of the molecule is C=C1/C=C\C=C(\c2ccc3c(c2)c2cc(-c4ccc5c(c4)-c4ccc6sc7ccccc7c6c4C5(C)C)ccc2n3-c2ccccc2)CSc2ccccc21. The standard InChI is InChI=1S/C52H37NS2/c1-32-12-11-13-36(31-54-47-18-9-7-16-38(32)47)35-22-26-46-43(30-35)42-29-34(21-25-45(42)53(46)37-14-5-4-6-15-37)33-20-24-44-41(28-33)39-23-27-49-50(51(39)52(44,2)3)40-17-8-10-19-48(40)55-49/h4-30H,1,31H2,2-3H3/b12-11-,36-13+. The van der Waals surface area contributed by atoms with Gasteiger partial charge in [-0.25, -0.2) is 0 Å². The number of fused-ring (bicyclic) bond motifs is 11. The summed E-state index contributed by atoms with van der Waals surface area (Å²) < 4.78 is 5.15. The lowest BCUT2D eigenvalue weighted by atomic mass is 9.80. The molecule has 0 unspecified atom stereocenters. The van der Waals surface area contributed by atoms with Gasteiger partial charge in [0, 0.05) is 52.7 Å². The Hall–Kier alpha value is -5.87. The monoisotopic (exact) mass is 739 g/mol. The molecule has 3 heteroatoms. The molecule has 0 bridgehead atoms. The molecular weight excluding hydrogens is 703 g/mol. The zero-order valence-corrected chi connectivity index (χ0v) is 32.4. The lowest BCUT2D eigenvalue weighted by molar-refractivity contribution is 0.667. The molecule has 55 heavy (non-hydrogen) atoms. The van der Waals surface area contributed by atoms with Gasteiger partial charge in [-0.2, -0.15) is 0 Å². The van der Waals surface area contributed by atoms with Crippen molar-refractivity contribution in [2.45, 2.75) is 24.2 Å². The minimum absolute atomic E-state index is 0.0937. The first-order valence-electron chi connectivity index (χ1n) is 19.0. The number of benzene rings is 7. The van der Waals surface area contributed by atoms with Crippen molar-refractivity contribution in [3.05, 3.63) is 193 Å². The average Bonchev–Trinajstić information content (AvgIpc) is 3.85. The third-order valence-corrected chi connectivity index (χ3v) is 14.1. The highest BCUT2D eigenvalue weighted by atomic mass is 32.2. The molecule has 7 aromatic carbocycles. The Kier molecular flexibility index (Phi) is 7.30. The number of thiophene rings is 1. The summed E-state index contributed by atoms with van der Waals surface area (Å²) in [5.74, 6) is 0.878. The van der Waals surface area contributed by atoms with Crippen LogP contribution in [0.4, 0.5) is 0 Å². The molecular formula is C52H37NS2. The van der Waals surface area contributed by atoms with Gasteiger partial charge in [-0.15, -0.1) is 23.1 Å². The Balaban J connectivity index is 1.07. The first-order valence-corrected chi connectivity index (χ1v) is 20.8. The smallest absolute Gasteiger partial charge is 0.0541 e. The van der Waals surface area contributed by atoms with Crippen LogP contribution in [0.25, 0.3) is 81.1 Å². The third-order valence-electron chi connectivity index (χ3n) is 11.8. The number of hydrogen-bond acceptors (Lipinski definition) is 2. The molecule has 0 radical (unpaired) electrons. The van der Waals surface area contributed by atoms with Crippen molar-refractivity contribution in [1.29, 1.82) is 0 Å². The van der Waals surface area contributed by atoms with Crippen molar-refractivity contribution in [3.63, 3.8) is 0 Å². The van der Waals surface area contributed by atoms with Crippen LogP contribution < -0.4 is 0 Å². The predicted octanol–water partition coefficient (Wildman–Crippen LogP) is 14.9. The molecule has 0 amide bonds. The Morgan fingerprint density at radius 1 is 0.600 bits per heavy atom. The molecule has 11 rings (SSSR count). The van der Waals surface area contributed by atoms with Crippen LogP contribution in [0.2, 0.25) is 0 Å². The van der Waals surface area contributed by atoms with E-state index >= 15 is 0 Å². The van der Waals surface area contributed by atoms with Crippen molar-refractivity contribution in [2.75, 3.05) is 5.75 Å². The van der Waals surface area contributed by atoms with Crippen LogP contribution in [0.3, 0.4) is 0 Å². The molecule has 9 aromatic rings. The lowest BCUT2D eigenvalue weighted by Crippen LogP contribution is -2.15. The molecule has 1 aliphatic heterocycles. The minimum atomic E-state index is -0.0937. The molecule has 0 saturated heterocycles. The summed E-state index contributed by atoms with van der Waals surface area (Å²) in [4.78, 5) is 1.27. The van der Waals surface area contributed by atoms with Gasteiger partial charge in [0.15, 0.2) is 0 Å². The summed E-state index contributed by atoms with van der Waals surface area (Å²) in [5, 5.41) is 5.31. The molecule has 262 valence electrons. The van der Waals surface area contributed by atoms with Crippen LogP contribution in [-0.2, 0) is 5.41 Å². The fourth-order valence-electron chi connectivity index (χ4n) is 9.19. The molecule has 1 aliphatic carbocycles. The van der Waals surface area contributed by atoms with E-state index in [2.05, 4.69) is 189 Å². The van der Waals surface area contributed by atoms with Crippen molar-refractivity contribution < 1.29 is 0 Å². The molecule has 0 spiro atoms. The second kappa shape index (κ2) is 12.3. The lowest BCUT2D eigenvalue weighted by Gasteiger charge is -2.22. The van der Waals surface area contributed by atoms with Crippen LogP contribution in [-0.4, -0.2) is 10.3 Å². The van der Waals surface area contributed by atoms with E-state index in [1.54, 1.807) is 0 Å². The highest BCUT2D eigenvalue weighted by Gasteiger charge is 2.38. The van der Waals surface area contributed by atoms with Gasteiger partial charge in [0.05, 0.1) is 11.0 Å². The molecule has 0 N–H and O–H groups in total. The largest absolute Gasteiger partial charge is 0.309 e. The first kappa shape index (κ1) is 32.6. The van der Waals surface area contributed by atoms with E-state index in [-0.39, 0.29) is 5.41 Å². The van der Waals surface area contributed by atoms with Gasteiger partial charge in [-0.05, 0) is 116 Å². The fourth-order valence-corrected chi connectivity index (χ4v) is 11.4. The normalized spacial score (nSPS) is 16.3. The van der Waals surface area contributed by atoms with E-state index < -0.39 is 0 Å². The Bertz CT molecular complexity index is 3130. The third kappa shape index (κ3) is 5.00. The van der Waals surface area contributed by atoms with Crippen molar-refractivity contribution in [1.82, 2.24) is 4.57 Å². The molecule has 1 nitrogen and oxygen atoms in total. The van der Waals surface area contributed by atoms with Crippen LogP contribution in [0.15, 0.2) is 175 Å². The summed E-state index contributed by atoms with van der Waals surface area (Å²) in [6.07, 6.45) is 6.57. The van der Waals surface area contributed by atoms with Crippen LogP contribution in [0.5, 0.6) is 0 Å². The van der Waals surface area contributed by atoms with Gasteiger partial charge in [0.1, 0.15) is 0 Å². The molecule has 2 aliphatic rings. The average molecular weight is 740 g/mol. The van der Waals surface area contributed by atoms with E-state index in [1.807, 2.05) is 23.1 Å². The van der Waals surface area contributed by atoms with E-state index in [1.165, 1.54) is 103 Å². The van der Waals surface area contributed by atoms with E-state index in [4.69, 9.17) is 0 Å². The molecule has 0 saturated carbocycles. The maximum atomic E-state index is 4.36. The van der Waals surface area contributed by atoms with Gasteiger partial charge in [-0.3, -0.25) is 0 Å². The quantitative estimate of drug-likeness (QED) is 0.175. The highest BCUT2D eigenvalue weighted by molar-refractivity contribution is 7.99. The topological polar surface area (TPSA) is 4.93 Å². The second-order valence-corrected chi connectivity index (χ2v) is 17.4. The van der Waals surface area contributed by atoms with Crippen molar-refractivity contribution in [2.24, 2.45) is 0 Å². The number of para-hydroxylation sites is 1. The predicted molar refractivity (Wildman–Crippen MR) is 240 cm³/mol. The van der Waals surface area contributed by atoms with Gasteiger partial charge in [-0.1, -0.05) is 124 Å². The zero-order valence-electron chi connectivity index (χ0n) is 30.8. The second-order valence-electron chi connectivity index (χ2n) is 15.3. The molecule has 0 fully saturated rings. The van der Waals surface area contributed by atoms with E-state index in [0.29, 0.717) is 0 Å². The van der Waals surface area contributed by atoms with Crippen molar-refractivity contribution in [3.8, 4) is 27.9 Å². The number of thioether (sulfide) groups is 1. The molecule has 3 heterocycles. The molecule has 0 atom stereocenters. The fraction of sp³-hybridized carbons (Fsp3) is 0.0769. The first-order chi connectivity index (χ1) is 26.9. The number of hydrogen-bond donors (Lipinski definition) is 0. The molecule has 2 aromatic heterocycles. The zero-order chi connectivity index (χ0) is 36.8. The summed E-state index contributed by atoms with van der Waals surface area (Å²) in [5.41, 5.74) is 16.4. The Labute approximate surface area is 329 Å². The Morgan fingerprint density at radius 3 is 2.16 bits per heavy atom. The minimum Gasteiger partial charge on any atom is -0.309 e. The van der Waals surface area contributed by atoms with Crippen LogP contribution in [0.1, 0.15) is 36.1 Å². The Morgan fingerprint density at radius 2 is 1.31 bits per heavy atom. The van der Waals surface area contributed by atoms with Gasteiger partial charge < -0.3 is 4.57 Å². The number of nitrogens with zero attached hydrogens (tertiary/aromatic N) is 1.